The van der Waals surface area contributed by atoms with Crippen molar-refractivity contribution in [2.24, 2.45) is 4.99 Å². The summed E-state index contributed by atoms with van der Waals surface area (Å²) in [5.74, 6) is -0.493. The molecule has 33 heavy (non-hydrogen) atoms. The molecule has 0 heterocycles. The summed E-state index contributed by atoms with van der Waals surface area (Å²) in [5, 5.41) is 9.37. The first-order chi connectivity index (χ1) is 15.8. The number of hydrogen-bond donors (Lipinski definition) is 2. The van der Waals surface area contributed by atoms with Crippen molar-refractivity contribution >= 4 is 12.1 Å². The Morgan fingerprint density at radius 2 is 1.97 bits per heavy atom. The van der Waals surface area contributed by atoms with Crippen molar-refractivity contribution in [3.63, 3.8) is 0 Å². The number of hydrogen-bond acceptors (Lipinski definition) is 6. The molecule has 0 aliphatic carbocycles. The highest BCUT2D eigenvalue weighted by molar-refractivity contribution is 5.96. The third kappa shape index (κ3) is 9.74. The van der Waals surface area contributed by atoms with Gasteiger partial charge in [-0.05, 0) is 43.9 Å². The van der Waals surface area contributed by atoms with Crippen LogP contribution in [-0.2, 0) is 20.9 Å². The molecule has 7 nitrogen and oxygen atoms in total. The number of aryl methyl sites for hydroxylation is 1. The van der Waals surface area contributed by atoms with E-state index in [9.17, 15) is 9.90 Å². The molecule has 1 unspecified atom stereocenters. The van der Waals surface area contributed by atoms with Crippen LogP contribution in [0.2, 0.25) is 0 Å². The van der Waals surface area contributed by atoms with Crippen molar-refractivity contribution in [1.29, 1.82) is 0 Å². The van der Waals surface area contributed by atoms with Crippen LogP contribution in [0.4, 0.5) is 0 Å². The van der Waals surface area contributed by atoms with Crippen molar-refractivity contribution in [2.75, 3.05) is 20.8 Å². The molecule has 182 valence electrons. The Labute approximate surface area is 198 Å². The predicted octanol–water partition coefficient (Wildman–Crippen LogP) is 4.43. The minimum absolute atomic E-state index is 0.0861. The molecule has 1 amide bonds. The van der Waals surface area contributed by atoms with Gasteiger partial charge in [-0.15, -0.1) is 0 Å². The zero-order chi connectivity index (χ0) is 24.8. The van der Waals surface area contributed by atoms with Crippen molar-refractivity contribution in [2.45, 2.75) is 59.8 Å². The number of amides is 1. The van der Waals surface area contributed by atoms with Crippen LogP contribution in [0.5, 0.6) is 0 Å². The van der Waals surface area contributed by atoms with Gasteiger partial charge >= 0.3 is 0 Å². The van der Waals surface area contributed by atoms with Crippen LogP contribution in [-0.4, -0.2) is 49.2 Å². The Morgan fingerprint density at radius 1 is 1.30 bits per heavy atom. The molecule has 1 aromatic carbocycles. The summed E-state index contributed by atoms with van der Waals surface area (Å²) in [4.78, 5) is 24.8. The third-order valence-corrected chi connectivity index (χ3v) is 5.15. The molecule has 1 aromatic rings. The van der Waals surface area contributed by atoms with Gasteiger partial charge in [0.2, 0.25) is 0 Å². The normalized spacial score (nSPS) is 13.9. The van der Waals surface area contributed by atoms with Crippen LogP contribution in [0, 0.1) is 6.92 Å². The van der Waals surface area contributed by atoms with Gasteiger partial charge < -0.3 is 14.7 Å². The first kappa shape index (κ1) is 28.3. The molecule has 0 bridgehead atoms. The highest BCUT2D eigenvalue weighted by atomic mass is 16.8. The van der Waals surface area contributed by atoms with E-state index in [1.54, 1.807) is 19.2 Å². The summed E-state index contributed by atoms with van der Waals surface area (Å²) < 4.78 is 5.21. The monoisotopic (exact) mass is 457 g/mol. The Balaban J connectivity index is 3.14. The molecular formula is C26H39N3O4. The fraction of sp³-hybridized carbons (Fsp3) is 0.462. The minimum Gasteiger partial charge on any atom is -0.396 e. The number of aliphatic hydroxyl groups excluding tert-OH is 1. The lowest BCUT2D eigenvalue weighted by Crippen LogP contribution is -2.32. The molecule has 7 heteroatoms. The molecule has 0 saturated heterocycles. The number of hydroxylamine groups is 1. The smallest absolute Gasteiger partial charge is 0.293 e. The van der Waals surface area contributed by atoms with Crippen molar-refractivity contribution in [3.8, 4) is 0 Å². The zero-order valence-corrected chi connectivity index (χ0v) is 20.9. The van der Waals surface area contributed by atoms with E-state index in [4.69, 9.17) is 9.57 Å². The van der Waals surface area contributed by atoms with Crippen LogP contribution in [0.15, 0.2) is 64.5 Å². The SMILES string of the molecule is C=C/C(C)=C(/C=N/C(C(=O)NOC(CCC)OC)=C(\C)CCO)N(C)Cc1ccc(C)cc1. The van der Waals surface area contributed by atoms with E-state index >= 15 is 0 Å². The summed E-state index contributed by atoms with van der Waals surface area (Å²) in [6, 6.07) is 8.34. The second-order valence-corrected chi connectivity index (χ2v) is 7.98. The van der Waals surface area contributed by atoms with Crippen molar-refractivity contribution in [3.05, 3.63) is 70.6 Å². The summed E-state index contributed by atoms with van der Waals surface area (Å²) in [6.07, 6.45) is 4.68. The number of ether oxygens (including phenoxy) is 1. The Morgan fingerprint density at radius 3 is 2.52 bits per heavy atom. The Bertz CT molecular complexity index is 857. The maximum Gasteiger partial charge on any atom is 0.293 e. The molecule has 0 aliphatic rings. The van der Waals surface area contributed by atoms with Crippen molar-refractivity contribution < 1.29 is 19.5 Å². The van der Waals surface area contributed by atoms with Crippen LogP contribution in [0.25, 0.3) is 0 Å². The number of nitrogens with zero attached hydrogens (tertiary/aromatic N) is 2. The van der Waals surface area contributed by atoms with Gasteiger partial charge in [-0.3, -0.25) is 4.79 Å². The fourth-order valence-electron chi connectivity index (χ4n) is 3.06. The van der Waals surface area contributed by atoms with Crippen molar-refractivity contribution in [1.82, 2.24) is 10.4 Å². The van der Waals surface area contributed by atoms with Gasteiger partial charge in [0.05, 0.1) is 11.9 Å². The largest absolute Gasteiger partial charge is 0.396 e. The molecule has 0 saturated carbocycles. The number of rotatable bonds is 14. The summed E-state index contributed by atoms with van der Waals surface area (Å²) in [6.45, 7) is 12.2. The third-order valence-electron chi connectivity index (χ3n) is 5.15. The second-order valence-electron chi connectivity index (χ2n) is 7.98. The van der Waals surface area contributed by atoms with E-state index in [-0.39, 0.29) is 12.3 Å². The van der Waals surface area contributed by atoms with E-state index in [0.29, 0.717) is 25.0 Å². The summed E-state index contributed by atoms with van der Waals surface area (Å²) in [5.41, 5.74) is 7.39. The average Bonchev–Trinajstić information content (AvgIpc) is 2.80. The molecule has 0 radical (unpaired) electrons. The molecule has 0 spiro atoms. The van der Waals surface area contributed by atoms with Crippen LogP contribution in [0.3, 0.4) is 0 Å². The Kier molecular flexibility index (Phi) is 13.0. The summed E-state index contributed by atoms with van der Waals surface area (Å²) in [7, 11) is 3.49. The average molecular weight is 458 g/mol. The lowest BCUT2D eigenvalue weighted by molar-refractivity contribution is -0.177. The molecule has 0 aliphatic heterocycles. The van der Waals surface area contributed by atoms with E-state index in [1.165, 1.54) is 12.7 Å². The van der Waals surface area contributed by atoms with E-state index in [1.807, 2.05) is 20.9 Å². The molecule has 2 N–H and O–H groups in total. The van der Waals surface area contributed by atoms with Gasteiger partial charge in [-0.2, -0.15) is 0 Å². The predicted molar refractivity (Wildman–Crippen MR) is 133 cm³/mol. The van der Waals surface area contributed by atoms with Gasteiger partial charge in [0.15, 0.2) is 6.29 Å². The maximum absolute atomic E-state index is 12.8. The molecule has 1 atom stereocenters. The lowest BCUT2D eigenvalue weighted by atomic mass is 10.1. The van der Waals surface area contributed by atoms with Gasteiger partial charge in [0.1, 0.15) is 5.70 Å². The number of carbonyl (C=O) groups excluding carboxylic acids is 1. The van der Waals surface area contributed by atoms with E-state index in [2.05, 4.69) is 53.1 Å². The number of benzene rings is 1. The number of methoxy groups -OCH3 is 1. The topological polar surface area (TPSA) is 83.4 Å². The number of allylic oxidation sites excluding steroid dienone is 3. The standard InChI is InChI=1S/C26H39N3O4/c1-8-10-24(32-7)33-28-26(31)25(21(5)15-16-30)27-17-23(20(4)9-2)29(6)18-22-13-11-19(3)12-14-22/h9,11-14,17,24,30H,2,8,10,15-16,18H2,1,3-7H3,(H,28,31)/b23-20-,25-21+,27-17+. The second kappa shape index (κ2) is 15.2. The first-order valence-electron chi connectivity index (χ1n) is 11.2. The zero-order valence-electron chi connectivity index (χ0n) is 20.9. The molecule has 0 aromatic heterocycles. The highest BCUT2D eigenvalue weighted by Gasteiger charge is 2.16. The quantitative estimate of drug-likeness (QED) is 0.142. The summed E-state index contributed by atoms with van der Waals surface area (Å²) >= 11 is 0. The molecular weight excluding hydrogens is 418 g/mol. The Hall–Kier alpha value is -2.74. The van der Waals surface area contributed by atoms with Crippen LogP contribution >= 0.6 is 0 Å². The lowest BCUT2D eigenvalue weighted by Gasteiger charge is -2.22. The van der Waals surface area contributed by atoms with Gasteiger partial charge in [0, 0.05) is 33.7 Å². The van der Waals surface area contributed by atoms with Gasteiger partial charge in [-0.1, -0.05) is 55.8 Å². The molecule has 1 rings (SSSR count). The van der Waals surface area contributed by atoms with Crippen LogP contribution < -0.4 is 5.48 Å². The number of aliphatic hydroxyl groups is 1. The highest BCUT2D eigenvalue weighted by Crippen LogP contribution is 2.16. The number of nitrogens with one attached hydrogen (secondary N) is 1. The van der Waals surface area contributed by atoms with Gasteiger partial charge in [0.25, 0.3) is 5.91 Å². The number of aliphatic imine (C=N–C) groups is 1. The minimum atomic E-state index is -0.540. The van der Waals surface area contributed by atoms with Crippen LogP contribution in [0.1, 0.15) is 51.2 Å². The van der Waals surface area contributed by atoms with E-state index in [0.717, 1.165) is 23.3 Å². The first-order valence-corrected chi connectivity index (χ1v) is 11.2. The molecule has 0 fully saturated rings. The fourth-order valence-corrected chi connectivity index (χ4v) is 3.06. The van der Waals surface area contributed by atoms with Gasteiger partial charge in [-0.25, -0.2) is 15.3 Å². The maximum atomic E-state index is 12.8. The number of carbonyl (C=O) groups is 1. The van der Waals surface area contributed by atoms with E-state index < -0.39 is 12.2 Å².